The Kier molecular flexibility index (Phi) is 4.96. The van der Waals surface area contributed by atoms with Crippen molar-refractivity contribution >= 4 is 18.4 Å². The van der Waals surface area contributed by atoms with E-state index in [4.69, 9.17) is 0 Å². The van der Waals surface area contributed by atoms with Gasteiger partial charge in [0, 0.05) is 24.0 Å². The van der Waals surface area contributed by atoms with E-state index in [0.29, 0.717) is 6.04 Å². The molecule has 16 heavy (non-hydrogen) atoms. The van der Waals surface area contributed by atoms with Gasteiger partial charge in [-0.2, -0.15) is 0 Å². The highest BCUT2D eigenvalue weighted by Crippen LogP contribution is 2.09. The quantitative estimate of drug-likeness (QED) is 0.829. The van der Waals surface area contributed by atoms with E-state index in [-0.39, 0.29) is 12.4 Å². The molecular formula is C11H19ClN4. The van der Waals surface area contributed by atoms with Crippen molar-refractivity contribution in [2.24, 2.45) is 0 Å². The predicted molar refractivity (Wildman–Crippen MR) is 68.3 cm³/mol. The Bertz CT molecular complexity index is 317. The SMILES string of the molecule is Cc1cc(C)nc(NC2CCCNC2)n1.Cl. The highest BCUT2D eigenvalue weighted by Gasteiger charge is 2.13. The minimum atomic E-state index is 0. The molecule has 0 spiro atoms. The zero-order chi connectivity index (χ0) is 10.7. The summed E-state index contributed by atoms with van der Waals surface area (Å²) in [4.78, 5) is 8.76. The van der Waals surface area contributed by atoms with Gasteiger partial charge in [0.2, 0.25) is 5.95 Å². The molecule has 0 saturated carbocycles. The summed E-state index contributed by atoms with van der Waals surface area (Å²) in [6.45, 7) is 6.14. The maximum atomic E-state index is 4.38. The van der Waals surface area contributed by atoms with Gasteiger partial charge in [0.05, 0.1) is 0 Å². The molecule has 2 rings (SSSR count). The molecule has 1 aromatic rings. The fourth-order valence-electron chi connectivity index (χ4n) is 1.95. The Hall–Kier alpha value is -0.870. The van der Waals surface area contributed by atoms with Crippen LogP contribution in [-0.2, 0) is 0 Å². The number of anilines is 1. The molecular weight excluding hydrogens is 224 g/mol. The summed E-state index contributed by atoms with van der Waals surface area (Å²) in [5.41, 5.74) is 2.04. The maximum Gasteiger partial charge on any atom is 0.223 e. The molecule has 1 aliphatic rings. The average Bonchev–Trinajstić information content (AvgIpc) is 2.17. The number of piperidine rings is 1. The Morgan fingerprint density at radius 2 is 2.00 bits per heavy atom. The highest BCUT2D eigenvalue weighted by molar-refractivity contribution is 5.85. The van der Waals surface area contributed by atoms with Gasteiger partial charge < -0.3 is 10.6 Å². The molecule has 0 bridgehead atoms. The van der Waals surface area contributed by atoms with Crippen LogP contribution in [0.1, 0.15) is 24.2 Å². The second kappa shape index (κ2) is 6.01. The second-order valence-corrected chi connectivity index (χ2v) is 4.16. The van der Waals surface area contributed by atoms with Gasteiger partial charge in [0.25, 0.3) is 0 Å². The summed E-state index contributed by atoms with van der Waals surface area (Å²) in [6, 6.07) is 2.46. The smallest absolute Gasteiger partial charge is 0.223 e. The third-order valence-corrected chi connectivity index (χ3v) is 2.61. The molecule has 1 fully saturated rings. The van der Waals surface area contributed by atoms with E-state index in [0.717, 1.165) is 30.4 Å². The van der Waals surface area contributed by atoms with Gasteiger partial charge in [-0.05, 0) is 39.3 Å². The number of rotatable bonds is 2. The Balaban J connectivity index is 0.00000128. The van der Waals surface area contributed by atoms with Crippen LogP contribution in [0, 0.1) is 13.8 Å². The number of halogens is 1. The van der Waals surface area contributed by atoms with E-state index in [9.17, 15) is 0 Å². The molecule has 1 atom stereocenters. The molecule has 1 saturated heterocycles. The summed E-state index contributed by atoms with van der Waals surface area (Å²) in [5.74, 6) is 0.765. The van der Waals surface area contributed by atoms with Crippen molar-refractivity contribution < 1.29 is 0 Å². The molecule has 2 N–H and O–H groups in total. The molecule has 0 aliphatic carbocycles. The van der Waals surface area contributed by atoms with Gasteiger partial charge in [0.15, 0.2) is 0 Å². The van der Waals surface area contributed by atoms with E-state index in [1.807, 2.05) is 19.9 Å². The number of nitrogens with one attached hydrogen (secondary N) is 2. The Morgan fingerprint density at radius 3 is 2.56 bits per heavy atom. The summed E-state index contributed by atoms with van der Waals surface area (Å²) < 4.78 is 0. The third kappa shape index (κ3) is 3.61. The summed E-state index contributed by atoms with van der Waals surface area (Å²) >= 11 is 0. The maximum absolute atomic E-state index is 4.38. The van der Waals surface area contributed by atoms with Crippen LogP contribution >= 0.6 is 12.4 Å². The lowest BCUT2D eigenvalue weighted by atomic mass is 10.1. The van der Waals surface area contributed by atoms with Crippen molar-refractivity contribution in [3.8, 4) is 0 Å². The average molecular weight is 243 g/mol. The van der Waals surface area contributed by atoms with Gasteiger partial charge in [0.1, 0.15) is 0 Å². The second-order valence-electron chi connectivity index (χ2n) is 4.16. The molecule has 0 radical (unpaired) electrons. The zero-order valence-electron chi connectivity index (χ0n) is 9.79. The fraction of sp³-hybridized carbons (Fsp3) is 0.636. The van der Waals surface area contributed by atoms with Crippen LogP contribution in [0.3, 0.4) is 0 Å². The van der Waals surface area contributed by atoms with Crippen molar-refractivity contribution in [1.82, 2.24) is 15.3 Å². The van der Waals surface area contributed by atoms with Gasteiger partial charge in [-0.15, -0.1) is 12.4 Å². The normalized spacial score (nSPS) is 20.0. The van der Waals surface area contributed by atoms with Crippen LogP contribution in [0.5, 0.6) is 0 Å². The largest absolute Gasteiger partial charge is 0.350 e. The van der Waals surface area contributed by atoms with Crippen LogP contribution in [0.15, 0.2) is 6.07 Å². The first-order valence-electron chi connectivity index (χ1n) is 5.53. The number of aryl methyl sites for hydroxylation is 2. The highest BCUT2D eigenvalue weighted by atomic mass is 35.5. The van der Waals surface area contributed by atoms with Crippen molar-refractivity contribution in [3.63, 3.8) is 0 Å². The van der Waals surface area contributed by atoms with Gasteiger partial charge >= 0.3 is 0 Å². The molecule has 5 heteroatoms. The number of aromatic nitrogens is 2. The molecule has 1 aliphatic heterocycles. The van der Waals surface area contributed by atoms with Gasteiger partial charge in [-0.25, -0.2) is 9.97 Å². The third-order valence-electron chi connectivity index (χ3n) is 2.61. The molecule has 0 amide bonds. The first-order valence-corrected chi connectivity index (χ1v) is 5.53. The minimum Gasteiger partial charge on any atom is -0.350 e. The molecule has 0 aromatic carbocycles. The summed E-state index contributed by atoms with van der Waals surface area (Å²) in [7, 11) is 0. The first-order chi connectivity index (χ1) is 7.24. The van der Waals surface area contributed by atoms with E-state index in [1.54, 1.807) is 0 Å². The number of hydrogen-bond acceptors (Lipinski definition) is 4. The van der Waals surface area contributed by atoms with Crippen LogP contribution in [0.25, 0.3) is 0 Å². The fourth-order valence-corrected chi connectivity index (χ4v) is 1.95. The lowest BCUT2D eigenvalue weighted by Gasteiger charge is -2.23. The molecule has 90 valence electrons. The van der Waals surface area contributed by atoms with Crippen LogP contribution in [0.2, 0.25) is 0 Å². The lowest BCUT2D eigenvalue weighted by Crippen LogP contribution is -2.38. The van der Waals surface area contributed by atoms with Crippen molar-refractivity contribution in [2.75, 3.05) is 18.4 Å². The van der Waals surface area contributed by atoms with Crippen LogP contribution in [0.4, 0.5) is 5.95 Å². The zero-order valence-corrected chi connectivity index (χ0v) is 10.6. The molecule has 1 aromatic heterocycles. The Morgan fingerprint density at radius 1 is 1.31 bits per heavy atom. The van der Waals surface area contributed by atoms with Crippen molar-refractivity contribution in [3.05, 3.63) is 17.5 Å². The summed E-state index contributed by atoms with van der Waals surface area (Å²) in [5, 5.41) is 6.74. The predicted octanol–water partition coefficient (Wildman–Crippen LogP) is 1.68. The number of nitrogens with zero attached hydrogens (tertiary/aromatic N) is 2. The minimum absolute atomic E-state index is 0. The van der Waals surface area contributed by atoms with Gasteiger partial charge in [-0.3, -0.25) is 0 Å². The van der Waals surface area contributed by atoms with E-state index in [2.05, 4.69) is 20.6 Å². The molecule has 4 nitrogen and oxygen atoms in total. The van der Waals surface area contributed by atoms with Crippen LogP contribution in [-0.4, -0.2) is 29.1 Å². The molecule has 1 unspecified atom stereocenters. The van der Waals surface area contributed by atoms with E-state index in [1.165, 1.54) is 12.8 Å². The van der Waals surface area contributed by atoms with Gasteiger partial charge in [-0.1, -0.05) is 0 Å². The summed E-state index contributed by atoms with van der Waals surface area (Å²) in [6.07, 6.45) is 2.42. The molecule has 2 heterocycles. The Labute approximate surface area is 103 Å². The number of hydrogen-bond donors (Lipinski definition) is 2. The first kappa shape index (κ1) is 13.2. The lowest BCUT2D eigenvalue weighted by molar-refractivity contribution is 0.478. The van der Waals surface area contributed by atoms with Crippen LogP contribution < -0.4 is 10.6 Å². The van der Waals surface area contributed by atoms with E-state index >= 15 is 0 Å². The van der Waals surface area contributed by atoms with E-state index < -0.39 is 0 Å². The standard InChI is InChI=1S/C11H18N4.ClH/c1-8-6-9(2)14-11(13-8)15-10-4-3-5-12-7-10;/h6,10,12H,3-5,7H2,1-2H3,(H,13,14,15);1H. The van der Waals surface area contributed by atoms with Crippen molar-refractivity contribution in [2.45, 2.75) is 32.7 Å². The van der Waals surface area contributed by atoms with Crippen molar-refractivity contribution in [1.29, 1.82) is 0 Å². The topological polar surface area (TPSA) is 49.8 Å². The monoisotopic (exact) mass is 242 g/mol.